The number of methoxy groups -OCH3 is 1. The summed E-state index contributed by atoms with van der Waals surface area (Å²) in [6, 6.07) is 0. The van der Waals surface area contributed by atoms with E-state index in [0.717, 1.165) is 31.1 Å². The standard InChI is InChI=1S/C22H34O3/c1-14(23)25-17-12-20-18-6-5-15-11-16(24-4)7-10-22(15,3)19(18)8-9-21(20,2)13-17/h5,16-20H,6-13H2,1-4H3/t16-,17+,18-,19+,20+,21-,22+/m1/s1. The van der Waals surface area contributed by atoms with Crippen molar-refractivity contribution in [1.29, 1.82) is 0 Å². The topological polar surface area (TPSA) is 35.5 Å². The maximum Gasteiger partial charge on any atom is 0.302 e. The van der Waals surface area contributed by atoms with Gasteiger partial charge in [-0.25, -0.2) is 0 Å². The molecule has 4 rings (SSSR count). The highest BCUT2D eigenvalue weighted by atomic mass is 16.5. The molecular formula is C22H34O3. The van der Waals surface area contributed by atoms with Gasteiger partial charge in [-0.05, 0) is 80.0 Å². The summed E-state index contributed by atoms with van der Waals surface area (Å²) in [6.45, 7) is 6.54. The highest BCUT2D eigenvalue weighted by Gasteiger charge is 2.58. The zero-order chi connectivity index (χ0) is 17.8. The van der Waals surface area contributed by atoms with Gasteiger partial charge in [-0.1, -0.05) is 25.5 Å². The summed E-state index contributed by atoms with van der Waals surface area (Å²) >= 11 is 0. The Hall–Kier alpha value is -0.830. The summed E-state index contributed by atoms with van der Waals surface area (Å²) in [5.74, 6) is 2.18. The molecule has 0 heterocycles. The summed E-state index contributed by atoms with van der Waals surface area (Å²) in [6.07, 6.45) is 12.8. The number of ether oxygens (including phenoxy) is 2. The molecule has 4 aliphatic rings. The van der Waals surface area contributed by atoms with Gasteiger partial charge in [-0.15, -0.1) is 0 Å². The highest BCUT2D eigenvalue weighted by molar-refractivity contribution is 5.66. The van der Waals surface area contributed by atoms with Crippen LogP contribution in [-0.2, 0) is 14.3 Å². The quantitative estimate of drug-likeness (QED) is 0.527. The molecule has 3 saturated carbocycles. The van der Waals surface area contributed by atoms with E-state index in [4.69, 9.17) is 9.47 Å². The molecule has 140 valence electrons. The average molecular weight is 347 g/mol. The van der Waals surface area contributed by atoms with Gasteiger partial charge in [0.2, 0.25) is 0 Å². The second-order valence-electron chi connectivity index (χ2n) is 9.72. The van der Waals surface area contributed by atoms with Crippen molar-refractivity contribution in [3.05, 3.63) is 11.6 Å². The van der Waals surface area contributed by atoms with Gasteiger partial charge < -0.3 is 9.47 Å². The van der Waals surface area contributed by atoms with Crippen LogP contribution in [0.25, 0.3) is 0 Å². The molecule has 25 heavy (non-hydrogen) atoms. The average Bonchev–Trinajstić information content (AvgIpc) is 2.89. The Morgan fingerprint density at radius 3 is 2.68 bits per heavy atom. The Morgan fingerprint density at radius 2 is 1.96 bits per heavy atom. The zero-order valence-electron chi connectivity index (χ0n) is 16.3. The van der Waals surface area contributed by atoms with Crippen LogP contribution in [0.1, 0.15) is 72.1 Å². The van der Waals surface area contributed by atoms with Gasteiger partial charge in [0.15, 0.2) is 0 Å². The molecule has 4 aliphatic carbocycles. The molecule has 0 N–H and O–H groups in total. The first-order chi connectivity index (χ1) is 11.9. The minimum absolute atomic E-state index is 0.112. The number of hydrogen-bond acceptors (Lipinski definition) is 3. The van der Waals surface area contributed by atoms with Crippen molar-refractivity contribution >= 4 is 5.97 Å². The Morgan fingerprint density at radius 1 is 1.16 bits per heavy atom. The Bertz CT molecular complexity index is 582. The largest absolute Gasteiger partial charge is 0.463 e. The lowest BCUT2D eigenvalue weighted by Crippen LogP contribution is -2.49. The molecule has 0 unspecified atom stereocenters. The molecule has 0 aromatic rings. The van der Waals surface area contributed by atoms with Crippen molar-refractivity contribution in [1.82, 2.24) is 0 Å². The monoisotopic (exact) mass is 346 g/mol. The Kier molecular flexibility index (Phi) is 4.30. The lowest BCUT2D eigenvalue weighted by molar-refractivity contribution is -0.146. The molecule has 0 spiro atoms. The van der Waals surface area contributed by atoms with Gasteiger partial charge in [-0.2, -0.15) is 0 Å². The summed E-state index contributed by atoms with van der Waals surface area (Å²) in [7, 11) is 1.86. The minimum Gasteiger partial charge on any atom is -0.463 e. The molecule has 7 atom stereocenters. The molecule has 0 radical (unpaired) electrons. The second kappa shape index (κ2) is 6.11. The van der Waals surface area contributed by atoms with Crippen molar-refractivity contribution < 1.29 is 14.3 Å². The fourth-order valence-corrected chi connectivity index (χ4v) is 7.15. The van der Waals surface area contributed by atoms with Gasteiger partial charge >= 0.3 is 5.97 Å². The fraction of sp³-hybridized carbons (Fsp3) is 0.864. The van der Waals surface area contributed by atoms with E-state index < -0.39 is 0 Å². The van der Waals surface area contributed by atoms with E-state index >= 15 is 0 Å². The molecule has 0 aromatic heterocycles. The van der Waals surface area contributed by atoms with Crippen molar-refractivity contribution in [2.75, 3.05) is 7.11 Å². The van der Waals surface area contributed by atoms with Crippen LogP contribution in [-0.4, -0.2) is 25.3 Å². The first-order valence-corrected chi connectivity index (χ1v) is 10.3. The predicted octanol–water partition coefficient (Wildman–Crippen LogP) is 4.90. The first kappa shape index (κ1) is 17.6. The van der Waals surface area contributed by atoms with Crippen LogP contribution < -0.4 is 0 Å². The smallest absolute Gasteiger partial charge is 0.302 e. The maximum absolute atomic E-state index is 11.4. The fourth-order valence-electron chi connectivity index (χ4n) is 7.15. The summed E-state index contributed by atoms with van der Waals surface area (Å²) in [5, 5.41) is 0. The van der Waals surface area contributed by atoms with E-state index in [9.17, 15) is 4.79 Å². The lowest BCUT2D eigenvalue weighted by atomic mass is 9.48. The van der Waals surface area contributed by atoms with Crippen molar-refractivity contribution in [2.24, 2.45) is 28.6 Å². The Balaban J connectivity index is 1.58. The van der Waals surface area contributed by atoms with Gasteiger partial charge in [0.05, 0.1) is 6.10 Å². The van der Waals surface area contributed by atoms with Crippen LogP contribution in [0.3, 0.4) is 0 Å². The highest BCUT2D eigenvalue weighted by Crippen LogP contribution is 2.65. The molecule has 0 saturated heterocycles. The van der Waals surface area contributed by atoms with Gasteiger partial charge in [0.25, 0.3) is 0 Å². The third-order valence-electron chi connectivity index (χ3n) is 8.45. The van der Waals surface area contributed by atoms with E-state index in [1.807, 2.05) is 7.11 Å². The molecular weight excluding hydrogens is 312 g/mol. The minimum atomic E-state index is -0.112. The number of carbonyl (C=O) groups excluding carboxylic acids is 1. The van der Waals surface area contributed by atoms with Crippen LogP contribution >= 0.6 is 0 Å². The summed E-state index contributed by atoms with van der Waals surface area (Å²) < 4.78 is 11.3. The normalized spacial score (nSPS) is 48.8. The van der Waals surface area contributed by atoms with Crippen LogP contribution in [0.2, 0.25) is 0 Å². The number of allylic oxidation sites excluding steroid dienone is 1. The third-order valence-corrected chi connectivity index (χ3v) is 8.45. The number of fused-ring (bicyclic) bond motifs is 5. The van der Waals surface area contributed by atoms with Gasteiger partial charge in [0.1, 0.15) is 6.10 Å². The molecule has 3 fully saturated rings. The van der Waals surface area contributed by atoms with E-state index in [2.05, 4.69) is 19.9 Å². The van der Waals surface area contributed by atoms with Crippen LogP contribution in [0.5, 0.6) is 0 Å². The van der Waals surface area contributed by atoms with E-state index in [1.165, 1.54) is 32.1 Å². The first-order valence-electron chi connectivity index (χ1n) is 10.3. The maximum atomic E-state index is 11.4. The zero-order valence-corrected chi connectivity index (χ0v) is 16.3. The number of rotatable bonds is 2. The van der Waals surface area contributed by atoms with E-state index in [-0.39, 0.29) is 12.1 Å². The summed E-state index contributed by atoms with van der Waals surface area (Å²) in [4.78, 5) is 11.4. The number of hydrogen-bond donors (Lipinski definition) is 0. The third kappa shape index (κ3) is 2.78. The number of carbonyl (C=O) groups is 1. The molecule has 3 heteroatoms. The van der Waals surface area contributed by atoms with Crippen LogP contribution in [0.4, 0.5) is 0 Å². The molecule has 3 nitrogen and oxygen atoms in total. The second-order valence-corrected chi connectivity index (χ2v) is 9.72. The van der Waals surface area contributed by atoms with Crippen LogP contribution in [0.15, 0.2) is 11.6 Å². The molecule has 0 aliphatic heterocycles. The molecule has 0 amide bonds. The molecule has 0 aromatic carbocycles. The predicted molar refractivity (Wildman–Crippen MR) is 98.1 cm³/mol. The molecule has 0 bridgehead atoms. The lowest BCUT2D eigenvalue weighted by Gasteiger charge is -2.57. The van der Waals surface area contributed by atoms with Crippen molar-refractivity contribution in [2.45, 2.75) is 84.3 Å². The van der Waals surface area contributed by atoms with E-state index in [0.29, 0.717) is 22.9 Å². The van der Waals surface area contributed by atoms with Crippen LogP contribution in [0, 0.1) is 28.6 Å². The van der Waals surface area contributed by atoms with Gasteiger partial charge in [0, 0.05) is 14.0 Å². The Labute approximate surface area is 152 Å². The van der Waals surface area contributed by atoms with E-state index in [1.54, 1.807) is 12.5 Å². The van der Waals surface area contributed by atoms with Crippen molar-refractivity contribution in [3.63, 3.8) is 0 Å². The van der Waals surface area contributed by atoms with Crippen molar-refractivity contribution in [3.8, 4) is 0 Å². The van der Waals surface area contributed by atoms with Gasteiger partial charge in [-0.3, -0.25) is 4.79 Å². The SMILES string of the molecule is CO[C@@H]1CC[C@@]2(C)C(=CC[C@H]3[C@@H]4C[C@H](OC(C)=O)C[C@@]4(C)CC[C@@H]32)C1. The number of esters is 1. The summed E-state index contributed by atoms with van der Waals surface area (Å²) in [5.41, 5.74) is 2.41.